The van der Waals surface area contributed by atoms with Crippen molar-refractivity contribution in [2.45, 2.75) is 0 Å². The van der Waals surface area contributed by atoms with Crippen LogP contribution in [0.3, 0.4) is 0 Å². The molecule has 0 aliphatic heterocycles. The van der Waals surface area contributed by atoms with Crippen molar-refractivity contribution in [3.05, 3.63) is 0 Å². The summed E-state index contributed by atoms with van der Waals surface area (Å²) in [6, 6.07) is 0. The Hall–Kier alpha value is -0.210. The van der Waals surface area contributed by atoms with Crippen molar-refractivity contribution in [1.29, 1.82) is 0 Å². The van der Waals surface area contributed by atoms with E-state index in [4.69, 9.17) is 5.26 Å². The average molecular weight is 129 g/mol. The van der Waals surface area contributed by atoms with Crippen LogP contribution in [0, 0.1) is 0 Å². The lowest BCUT2D eigenvalue weighted by atomic mass is 13.6. The fourth-order valence-electron chi connectivity index (χ4n) is 0.0176. The summed E-state index contributed by atoms with van der Waals surface area (Å²) in [6.45, 7) is 0. The molecule has 0 fully saturated rings. The predicted molar refractivity (Wildman–Crippen MR) is 17.9 cm³/mol. The average Bonchev–Trinajstić information content (AvgIpc) is 1.68. The Balaban J connectivity index is 3.89. The molecule has 7 heavy (non-hydrogen) atoms. The topological polar surface area (TPSA) is 98.9 Å². The van der Waals surface area contributed by atoms with Gasteiger partial charge in [-0.25, -0.2) is 5.26 Å². The summed E-state index contributed by atoms with van der Waals surface area (Å²) < 4.78 is 24.9. The molecule has 0 spiro atoms. The summed E-state index contributed by atoms with van der Waals surface area (Å²) in [5.74, 6) is 4.04. The largest absolute Gasteiger partial charge is 0.442 e. The van der Waals surface area contributed by atoms with Gasteiger partial charge in [0.15, 0.2) is 0 Å². The van der Waals surface area contributed by atoms with Gasteiger partial charge in [-0.05, 0) is 0 Å². The molecule has 44 valence electrons. The van der Waals surface area contributed by atoms with Crippen LogP contribution in [0.4, 0.5) is 0 Å². The molecule has 0 aliphatic carbocycles. The zero-order chi connectivity index (χ0) is 5.91. The van der Waals surface area contributed by atoms with Gasteiger partial charge in [0.2, 0.25) is 0 Å². The van der Waals surface area contributed by atoms with Gasteiger partial charge in [-0.3, -0.25) is 0 Å². The lowest BCUT2D eigenvalue weighted by Crippen LogP contribution is -2.11. The third-order valence-electron chi connectivity index (χ3n) is 0.209. The van der Waals surface area contributed by atoms with E-state index in [1.54, 1.807) is 0 Å². The van der Waals surface area contributed by atoms with Crippen LogP contribution in [0.1, 0.15) is 0 Å². The van der Waals surface area contributed by atoms with Crippen molar-refractivity contribution in [3.63, 3.8) is 0 Å². The lowest BCUT2D eigenvalue weighted by molar-refractivity contribution is -0.142. The Morgan fingerprint density at radius 2 is 2.00 bits per heavy atom. The Labute approximate surface area is 39.7 Å². The highest BCUT2D eigenvalue weighted by Gasteiger charge is 2.05. The van der Waals surface area contributed by atoms with Crippen molar-refractivity contribution in [2.75, 3.05) is 0 Å². The fourth-order valence-corrected chi connectivity index (χ4v) is 0.0527. The second kappa shape index (κ2) is 2.19. The second-order valence-corrected chi connectivity index (χ2v) is 1.74. The molecule has 0 heterocycles. The van der Waals surface area contributed by atoms with E-state index >= 15 is 0 Å². The number of hydrogen-bond donors (Lipinski definition) is 2. The maximum absolute atomic E-state index is 9.55. The zero-order valence-corrected chi connectivity index (χ0v) is 3.88. The van der Waals surface area contributed by atoms with E-state index in [0.717, 1.165) is 0 Å². The first-order chi connectivity index (χ1) is 3.12. The number of hydrogen-bond acceptors (Lipinski definition) is 6. The van der Waals surface area contributed by atoms with E-state index in [-0.39, 0.29) is 0 Å². The molecule has 0 aromatic rings. The van der Waals surface area contributed by atoms with Crippen LogP contribution in [0.15, 0.2) is 0 Å². The number of nitrogens with two attached hydrogens (primary N) is 1. The molecule has 0 aromatic carbocycles. The minimum Gasteiger partial charge on any atom is -0.233 e. The molecule has 0 amide bonds. The molecule has 0 saturated carbocycles. The van der Waals surface area contributed by atoms with E-state index in [1.165, 1.54) is 0 Å². The highest BCUT2D eigenvalue weighted by Crippen LogP contribution is 1.82. The fraction of sp³-hybridized carbons (Fsp3) is 0. The molecule has 0 aliphatic rings. The molecule has 3 N–H and O–H groups in total. The summed E-state index contributed by atoms with van der Waals surface area (Å²) in [6.07, 6.45) is 0. The van der Waals surface area contributed by atoms with Gasteiger partial charge < -0.3 is 0 Å². The molecule has 0 aromatic heterocycles. The molecule has 0 bridgehead atoms. The SMILES string of the molecule is NOS(=O)(=O)OO. The van der Waals surface area contributed by atoms with E-state index in [9.17, 15) is 8.42 Å². The van der Waals surface area contributed by atoms with Crippen LogP contribution in [-0.4, -0.2) is 13.7 Å². The Morgan fingerprint density at radius 3 is 2.00 bits per heavy atom. The van der Waals surface area contributed by atoms with Gasteiger partial charge in [0.05, 0.1) is 0 Å². The second-order valence-electron chi connectivity index (χ2n) is 0.579. The Kier molecular flexibility index (Phi) is 2.12. The van der Waals surface area contributed by atoms with Crippen LogP contribution < -0.4 is 5.90 Å². The molecule has 0 atom stereocenters. The molecular weight excluding hydrogens is 126 g/mol. The zero-order valence-electron chi connectivity index (χ0n) is 3.07. The van der Waals surface area contributed by atoms with Gasteiger partial charge in [-0.2, -0.15) is 18.6 Å². The summed E-state index contributed by atoms with van der Waals surface area (Å²) >= 11 is 0. The molecule has 7 heteroatoms. The van der Waals surface area contributed by atoms with Crippen molar-refractivity contribution >= 4 is 10.4 Å². The van der Waals surface area contributed by atoms with Crippen molar-refractivity contribution in [3.8, 4) is 0 Å². The van der Waals surface area contributed by atoms with E-state index in [1.807, 2.05) is 0 Å². The predicted octanol–water partition coefficient (Wildman–Crippen LogP) is -1.39. The highest BCUT2D eigenvalue weighted by atomic mass is 32.3. The molecule has 0 rings (SSSR count). The smallest absolute Gasteiger partial charge is 0.233 e. The summed E-state index contributed by atoms with van der Waals surface area (Å²) in [5.41, 5.74) is 0. The normalized spacial score (nSPS) is 11.7. The Bertz CT molecular complexity index is 111. The molecule has 0 unspecified atom stereocenters. The van der Waals surface area contributed by atoms with Crippen molar-refractivity contribution < 1.29 is 22.3 Å². The summed E-state index contributed by atoms with van der Waals surface area (Å²) in [7, 11) is -4.32. The van der Waals surface area contributed by atoms with Gasteiger partial charge >= 0.3 is 10.4 Å². The first-order valence-corrected chi connectivity index (χ1v) is 2.42. The van der Waals surface area contributed by atoms with Crippen LogP contribution >= 0.6 is 0 Å². The van der Waals surface area contributed by atoms with Crippen LogP contribution in [-0.2, 0) is 19.0 Å². The van der Waals surface area contributed by atoms with Crippen molar-refractivity contribution in [2.24, 2.45) is 5.90 Å². The molecule has 0 radical (unpaired) electrons. The van der Waals surface area contributed by atoms with Gasteiger partial charge in [-0.1, -0.05) is 4.33 Å². The lowest BCUT2D eigenvalue weighted by Gasteiger charge is -1.88. The van der Waals surface area contributed by atoms with Crippen LogP contribution in [0.2, 0.25) is 0 Å². The van der Waals surface area contributed by atoms with Gasteiger partial charge in [0, 0.05) is 0 Å². The van der Waals surface area contributed by atoms with E-state index in [0.29, 0.717) is 0 Å². The standard InChI is InChI=1S/H3NO5S/c1-5-7(3,4)6-2/h2H,1H2. The molecule has 0 saturated heterocycles. The third-order valence-corrected chi connectivity index (χ3v) is 0.627. The van der Waals surface area contributed by atoms with Crippen LogP contribution in [0.25, 0.3) is 0 Å². The first-order valence-electron chi connectivity index (χ1n) is 1.08. The van der Waals surface area contributed by atoms with Gasteiger partial charge in [0.1, 0.15) is 0 Å². The monoisotopic (exact) mass is 129 g/mol. The summed E-state index contributed by atoms with van der Waals surface area (Å²) in [5, 5.41) is 7.30. The van der Waals surface area contributed by atoms with Crippen LogP contribution in [0.5, 0.6) is 0 Å². The summed E-state index contributed by atoms with van der Waals surface area (Å²) in [4.78, 5) is 0. The Morgan fingerprint density at radius 1 is 1.57 bits per heavy atom. The maximum atomic E-state index is 9.55. The van der Waals surface area contributed by atoms with E-state index < -0.39 is 10.4 Å². The van der Waals surface area contributed by atoms with E-state index in [2.05, 4.69) is 14.5 Å². The minimum atomic E-state index is -4.32. The first kappa shape index (κ1) is 6.79. The minimum absolute atomic E-state index is 2.71. The van der Waals surface area contributed by atoms with Crippen molar-refractivity contribution in [1.82, 2.24) is 0 Å². The quantitative estimate of drug-likeness (QED) is 0.352. The molecule has 6 nitrogen and oxygen atoms in total. The van der Waals surface area contributed by atoms with Gasteiger partial charge in [-0.15, -0.1) is 0 Å². The highest BCUT2D eigenvalue weighted by molar-refractivity contribution is 7.81. The molecular formula is H3NO5S. The number of rotatable bonds is 2. The van der Waals surface area contributed by atoms with Gasteiger partial charge in [0.25, 0.3) is 0 Å². The third kappa shape index (κ3) is 2.48. The maximum Gasteiger partial charge on any atom is 0.442 e.